The molecular weight excluding hydrogens is 438 g/mol. The van der Waals surface area contributed by atoms with Crippen LogP contribution in [0.5, 0.6) is 5.75 Å². The predicted octanol–water partition coefficient (Wildman–Crippen LogP) is 1.65. The minimum atomic E-state index is -4.28. The van der Waals surface area contributed by atoms with Crippen molar-refractivity contribution in [3.63, 3.8) is 0 Å². The minimum absolute atomic E-state index is 0.0310. The van der Waals surface area contributed by atoms with Crippen LogP contribution in [0.1, 0.15) is 13.8 Å². The summed E-state index contributed by atoms with van der Waals surface area (Å²) in [5.74, 6) is -0.629. The average Bonchev–Trinajstić information content (AvgIpc) is 2.69. The molecule has 0 bridgehead atoms. The van der Waals surface area contributed by atoms with E-state index in [1.807, 2.05) is 13.8 Å². The first kappa shape index (κ1) is 24.1. The zero-order valence-electron chi connectivity index (χ0n) is 17.1. The van der Waals surface area contributed by atoms with Crippen molar-refractivity contribution in [2.45, 2.75) is 24.8 Å². The van der Waals surface area contributed by atoms with E-state index in [-0.39, 0.29) is 34.0 Å². The van der Waals surface area contributed by atoms with Gasteiger partial charge < -0.3 is 20.5 Å². The highest BCUT2D eigenvalue weighted by Gasteiger charge is 2.31. The zero-order chi connectivity index (χ0) is 22.8. The Morgan fingerprint density at radius 1 is 1.17 bits per heavy atom. The molecule has 0 aliphatic carbocycles. The van der Waals surface area contributed by atoms with E-state index < -0.39 is 31.5 Å². The first-order chi connectivity index (χ1) is 14.0. The Kier molecular flexibility index (Phi) is 7.48. The maximum absolute atomic E-state index is 12.6. The van der Waals surface area contributed by atoms with E-state index in [1.54, 1.807) is 0 Å². The molecule has 0 aliphatic heterocycles. The van der Waals surface area contributed by atoms with Crippen LogP contribution in [0.15, 0.2) is 26.6 Å². The van der Waals surface area contributed by atoms with E-state index in [9.17, 15) is 23.1 Å². The molecule has 0 spiro atoms. The maximum atomic E-state index is 12.6. The third-order valence-electron chi connectivity index (χ3n) is 4.59. The van der Waals surface area contributed by atoms with Gasteiger partial charge in [0.05, 0.1) is 30.5 Å². The minimum Gasteiger partial charge on any atom is -0.504 e. The highest BCUT2D eigenvalue weighted by Crippen LogP contribution is 2.39. The number of hydroxylamine groups is 1. The van der Waals surface area contributed by atoms with E-state index in [4.69, 9.17) is 21.2 Å². The summed E-state index contributed by atoms with van der Waals surface area (Å²) in [4.78, 5) is 28.3. The van der Waals surface area contributed by atoms with Gasteiger partial charge in [-0.15, -0.1) is 0 Å². The number of phenols is 1. The monoisotopic (exact) mass is 461 g/mol. The first-order valence-corrected chi connectivity index (χ1v) is 10.7. The Morgan fingerprint density at radius 2 is 1.77 bits per heavy atom. The van der Waals surface area contributed by atoms with Crippen LogP contribution in [0, 0.1) is 5.92 Å². The summed E-state index contributed by atoms with van der Waals surface area (Å²) in [6, 6.07) is 2.28. The summed E-state index contributed by atoms with van der Waals surface area (Å²) >= 11 is 5.98. The number of nitrogens with zero attached hydrogens (tertiary/aromatic N) is 1. The Balaban J connectivity index is 2.46. The molecule has 0 aliphatic rings. The maximum Gasteiger partial charge on any atom is 0.269 e. The molecule has 1 atom stereocenters. The van der Waals surface area contributed by atoms with Crippen LogP contribution in [0.25, 0.3) is 0 Å². The molecule has 10 nitrogen and oxygen atoms in total. The number of nitrogens with one attached hydrogen (secondary N) is 2. The summed E-state index contributed by atoms with van der Waals surface area (Å²) in [5, 5.41) is 15.9. The fourth-order valence-electron chi connectivity index (χ4n) is 2.67. The molecule has 0 fully saturated rings. The average molecular weight is 462 g/mol. The Hall–Kier alpha value is -2.18. The van der Waals surface area contributed by atoms with Gasteiger partial charge in [0.1, 0.15) is 16.3 Å². The van der Waals surface area contributed by atoms with Crippen LogP contribution in [-0.4, -0.2) is 51.9 Å². The van der Waals surface area contributed by atoms with Crippen molar-refractivity contribution in [1.82, 2.24) is 4.47 Å². The quantitative estimate of drug-likeness (QED) is 0.274. The van der Waals surface area contributed by atoms with Gasteiger partial charge in [-0.05, 0) is 18.1 Å². The molecule has 0 radical (unpaired) electrons. The molecule has 2 aromatic rings. The van der Waals surface area contributed by atoms with Crippen molar-refractivity contribution in [1.29, 1.82) is 0 Å². The molecule has 30 heavy (non-hydrogen) atoms. The fraction of sp³-hybridized carbons (Fsp3) is 0.444. The van der Waals surface area contributed by atoms with E-state index in [1.165, 1.54) is 19.2 Å². The van der Waals surface area contributed by atoms with Gasteiger partial charge in [0.15, 0.2) is 5.75 Å². The summed E-state index contributed by atoms with van der Waals surface area (Å²) in [7, 11) is -0.500. The van der Waals surface area contributed by atoms with Gasteiger partial charge in [-0.1, -0.05) is 29.9 Å². The van der Waals surface area contributed by atoms with Crippen molar-refractivity contribution < 1.29 is 23.1 Å². The summed E-state index contributed by atoms with van der Waals surface area (Å²) in [5.41, 5.74) is -1.71. The van der Waals surface area contributed by atoms with E-state index in [0.717, 1.165) is 14.2 Å². The smallest absolute Gasteiger partial charge is 0.269 e. The zero-order valence-corrected chi connectivity index (χ0v) is 18.7. The fourth-order valence-corrected chi connectivity index (χ4v) is 4.24. The molecule has 166 valence electrons. The topological polar surface area (TPSA) is 134 Å². The van der Waals surface area contributed by atoms with Crippen molar-refractivity contribution in [3.05, 3.63) is 37.6 Å². The second kappa shape index (κ2) is 9.31. The van der Waals surface area contributed by atoms with Crippen molar-refractivity contribution in [2.75, 3.05) is 38.5 Å². The third kappa shape index (κ3) is 4.44. The highest BCUT2D eigenvalue weighted by atomic mass is 35.5. The Morgan fingerprint density at radius 3 is 2.30 bits per heavy atom. The van der Waals surface area contributed by atoms with Crippen LogP contribution in [0.2, 0.25) is 5.02 Å². The van der Waals surface area contributed by atoms with Gasteiger partial charge >= 0.3 is 0 Å². The summed E-state index contributed by atoms with van der Waals surface area (Å²) in [6.45, 7) is 4.14. The van der Waals surface area contributed by atoms with Gasteiger partial charge in [0.2, 0.25) is 0 Å². The van der Waals surface area contributed by atoms with Crippen LogP contribution in [0.3, 0.4) is 0 Å². The van der Waals surface area contributed by atoms with Gasteiger partial charge in [-0.2, -0.15) is 0 Å². The van der Waals surface area contributed by atoms with Gasteiger partial charge in [0.25, 0.3) is 20.9 Å². The number of methoxy groups -OCH3 is 1. The predicted molar refractivity (Wildman–Crippen MR) is 114 cm³/mol. The van der Waals surface area contributed by atoms with E-state index in [2.05, 4.69) is 10.6 Å². The Bertz CT molecular complexity index is 1090. The lowest BCUT2D eigenvalue weighted by Crippen LogP contribution is -2.41. The van der Waals surface area contributed by atoms with Crippen LogP contribution < -0.4 is 21.5 Å². The number of anilines is 3. The number of halogens is 1. The molecule has 12 heteroatoms. The van der Waals surface area contributed by atoms with Gasteiger partial charge in [-0.3, -0.25) is 14.4 Å². The number of ether oxygens (including phenoxy) is 1. The SMILES string of the molecule is COC[C@H](Nc1c(Nc2ccc(Cl)c(S(=O)(=O)N(C)OC)c2O)c(=O)c1=O)C(C)C. The normalized spacial score (nSPS) is 13.2. The van der Waals surface area contributed by atoms with Crippen molar-refractivity contribution >= 4 is 38.7 Å². The number of rotatable bonds is 10. The largest absolute Gasteiger partial charge is 0.504 e. The van der Waals surface area contributed by atoms with Gasteiger partial charge in [0, 0.05) is 14.2 Å². The Labute approximate surface area is 179 Å². The van der Waals surface area contributed by atoms with Crippen LogP contribution in [0.4, 0.5) is 17.1 Å². The lowest BCUT2D eigenvalue weighted by atomic mass is 10.0. The molecule has 3 N–H and O–H groups in total. The molecule has 2 aromatic carbocycles. The van der Waals surface area contributed by atoms with E-state index in [0.29, 0.717) is 11.1 Å². The number of sulfonamides is 1. The van der Waals surface area contributed by atoms with Crippen LogP contribution >= 0.6 is 11.6 Å². The molecule has 0 saturated carbocycles. The number of benzene rings is 1. The van der Waals surface area contributed by atoms with Crippen molar-refractivity contribution in [2.24, 2.45) is 5.92 Å². The first-order valence-electron chi connectivity index (χ1n) is 8.87. The van der Waals surface area contributed by atoms with Crippen molar-refractivity contribution in [3.8, 4) is 5.75 Å². The molecule has 2 rings (SSSR count). The number of hydrogen-bond donors (Lipinski definition) is 3. The number of hydrogen-bond acceptors (Lipinski definition) is 9. The second-order valence-corrected chi connectivity index (χ2v) is 9.13. The molecule has 0 heterocycles. The molecule has 0 saturated heterocycles. The third-order valence-corrected chi connectivity index (χ3v) is 6.77. The van der Waals surface area contributed by atoms with Gasteiger partial charge in [-0.25, -0.2) is 8.42 Å². The molecule has 0 amide bonds. The lowest BCUT2D eigenvalue weighted by molar-refractivity contribution is -0.0259. The molecule has 0 aromatic heterocycles. The van der Waals surface area contributed by atoms with Crippen LogP contribution in [-0.2, 0) is 19.6 Å². The number of aromatic hydroxyl groups is 1. The highest BCUT2D eigenvalue weighted by molar-refractivity contribution is 7.89. The summed E-state index contributed by atoms with van der Waals surface area (Å²) in [6.07, 6.45) is 0. The number of phenolic OH excluding ortho intramolecular Hbond substituents is 1. The summed E-state index contributed by atoms with van der Waals surface area (Å²) < 4.78 is 30.8. The second-order valence-electron chi connectivity index (χ2n) is 6.85. The standard InChI is InChI=1S/C18H24ClN3O7S/c1-9(2)12(8-28-4)21-14-13(16(24)17(14)25)20-11-7-6-10(19)18(15(11)23)30(26,27)22(3)29-5/h6-7,9,12,20-21,23H,8H2,1-5H3/t12-/m0/s1. The molecular formula is C18H24ClN3O7S. The van der Waals surface area contributed by atoms with E-state index >= 15 is 0 Å². The molecule has 0 unspecified atom stereocenters. The lowest BCUT2D eigenvalue weighted by Gasteiger charge is -2.25.